The lowest BCUT2D eigenvalue weighted by Crippen LogP contribution is -2.39. The standard InChI is InChI=1S/C14H20N2O4/c1-8(2)16-13(17)9(3)20-14(18)10-6-5-7-11(19-4)12(10)15/h5-9H,15H2,1-4H3,(H,16,17). The van der Waals surface area contributed by atoms with Gasteiger partial charge in [-0.3, -0.25) is 4.79 Å². The zero-order valence-electron chi connectivity index (χ0n) is 12.1. The second kappa shape index (κ2) is 6.79. The van der Waals surface area contributed by atoms with Crippen LogP contribution >= 0.6 is 0 Å². The van der Waals surface area contributed by atoms with Gasteiger partial charge in [0, 0.05) is 6.04 Å². The van der Waals surface area contributed by atoms with Gasteiger partial charge in [0.25, 0.3) is 5.91 Å². The Labute approximate surface area is 118 Å². The van der Waals surface area contributed by atoms with Gasteiger partial charge < -0.3 is 20.5 Å². The first-order chi connectivity index (χ1) is 9.36. The number of nitrogens with one attached hydrogen (secondary N) is 1. The molecule has 1 amide bonds. The Morgan fingerprint density at radius 1 is 1.25 bits per heavy atom. The number of hydrogen-bond donors (Lipinski definition) is 2. The third-order valence-electron chi connectivity index (χ3n) is 2.59. The molecule has 20 heavy (non-hydrogen) atoms. The normalized spacial score (nSPS) is 11.8. The van der Waals surface area contributed by atoms with Gasteiger partial charge in [-0.2, -0.15) is 0 Å². The Balaban J connectivity index is 2.79. The van der Waals surface area contributed by atoms with E-state index in [0.717, 1.165) is 0 Å². The van der Waals surface area contributed by atoms with Crippen LogP contribution in [0.25, 0.3) is 0 Å². The number of esters is 1. The Morgan fingerprint density at radius 2 is 1.90 bits per heavy atom. The average molecular weight is 280 g/mol. The zero-order valence-corrected chi connectivity index (χ0v) is 12.1. The highest BCUT2D eigenvalue weighted by atomic mass is 16.5. The minimum absolute atomic E-state index is 0.0226. The van der Waals surface area contributed by atoms with E-state index in [2.05, 4.69) is 5.32 Å². The van der Waals surface area contributed by atoms with Crippen LogP contribution in [0.4, 0.5) is 5.69 Å². The molecule has 0 saturated carbocycles. The molecule has 0 bridgehead atoms. The molecular weight excluding hydrogens is 260 g/mol. The number of amides is 1. The summed E-state index contributed by atoms with van der Waals surface area (Å²) in [6, 6.07) is 4.77. The van der Waals surface area contributed by atoms with Crippen molar-refractivity contribution in [1.82, 2.24) is 5.32 Å². The van der Waals surface area contributed by atoms with Crippen LogP contribution in [-0.4, -0.2) is 31.1 Å². The molecular formula is C14H20N2O4. The van der Waals surface area contributed by atoms with Gasteiger partial charge in [-0.05, 0) is 32.9 Å². The highest BCUT2D eigenvalue weighted by Gasteiger charge is 2.21. The summed E-state index contributed by atoms with van der Waals surface area (Å²) in [5.41, 5.74) is 6.17. The van der Waals surface area contributed by atoms with E-state index in [9.17, 15) is 9.59 Å². The maximum Gasteiger partial charge on any atom is 0.341 e. The lowest BCUT2D eigenvalue weighted by molar-refractivity contribution is -0.129. The predicted molar refractivity (Wildman–Crippen MR) is 75.6 cm³/mol. The minimum Gasteiger partial charge on any atom is -0.495 e. The first kappa shape index (κ1) is 15.8. The maximum atomic E-state index is 12.0. The summed E-state index contributed by atoms with van der Waals surface area (Å²) in [7, 11) is 1.46. The Morgan fingerprint density at radius 3 is 2.45 bits per heavy atom. The highest BCUT2D eigenvalue weighted by Crippen LogP contribution is 2.25. The number of carbonyl (C=O) groups is 2. The van der Waals surface area contributed by atoms with Crippen molar-refractivity contribution < 1.29 is 19.1 Å². The number of anilines is 1. The van der Waals surface area contributed by atoms with Gasteiger partial charge in [0.15, 0.2) is 6.10 Å². The van der Waals surface area contributed by atoms with Crippen molar-refractivity contribution in [3.05, 3.63) is 23.8 Å². The fourth-order valence-corrected chi connectivity index (χ4v) is 1.58. The molecule has 1 unspecified atom stereocenters. The van der Waals surface area contributed by atoms with Crippen LogP contribution in [0.5, 0.6) is 5.75 Å². The number of hydrogen-bond acceptors (Lipinski definition) is 5. The lowest BCUT2D eigenvalue weighted by atomic mass is 10.1. The van der Waals surface area contributed by atoms with E-state index in [-0.39, 0.29) is 23.2 Å². The molecule has 0 aliphatic carbocycles. The SMILES string of the molecule is COc1cccc(C(=O)OC(C)C(=O)NC(C)C)c1N. The smallest absolute Gasteiger partial charge is 0.341 e. The van der Waals surface area contributed by atoms with Gasteiger partial charge in [0.2, 0.25) is 0 Å². The number of ether oxygens (including phenoxy) is 2. The van der Waals surface area contributed by atoms with Crippen molar-refractivity contribution in [3.8, 4) is 5.75 Å². The van der Waals surface area contributed by atoms with E-state index in [1.807, 2.05) is 13.8 Å². The molecule has 0 aromatic heterocycles. The first-order valence-electron chi connectivity index (χ1n) is 6.30. The van der Waals surface area contributed by atoms with E-state index in [0.29, 0.717) is 5.75 Å². The summed E-state index contributed by atoms with van der Waals surface area (Å²) in [6.45, 7) is 5.16. The van der Waals surface area contributed by atoms with Crippen molar-refractivity contribution in [2.75, 3.05) is 12.8 Å². The van der Waals surface area contributed by atoms with Crippen LogP contribution in [0.2, 0.25) is 0 Å². The molecule has 1 rings (SSSR count). The van der Waals surface area contributed by atoms with Crippen molar-refractivity contribution in [2.24, 2.45) is 0 Å². The summed E-state index contributed by atoms with van der Waals surface area (Å²) in [5.74, 6) is -0.624. The third kappa shape index (κ3) is 3.88. The summed E-state index contributed by atoms with van der Waals surface area (Å²) in [4.78, 5) is 23.7. The van der Waals surface area contributed by atoms with E-state index in [1.165, 1.54) is 20.1 Å². The monoisotopic (exact) mass is 280 g/mol. The van der Waals surface area contributed by atoms with Gasteiger partial charge in [-0.1, -0.05) is 6.07 Å². The number of rotatable bonds is 5. The second-order valence-corrected chi connectivity index (χ2v) is 4.63. The fraction of sp³-hybridized carbons (Fsp3) is 0.429. The van der Waals surface area contributed by atoms with E-state index < -0.39 is 12.1 Å². The average Bonchev–Trinajstić information content (AvgIpc) is 2.37. The van der Waals surface area contributed by atoms with E-state index >= 15 is 0 Å². The highest BCUT2D eigenvalue weighted by molar-refractivity contribution is 5.98. The predicted octanol–water partition coefficient (Wildman–Crippen LogP) is 1.35. The molecule has 0 fully saturated rings. The largest absolute Gasteiger partial charge is 0.495 e. The van der Waals surface area contributed by atoms with Gasteiger partial charge in [0.1, 0.15) is 5.75 Å². The maximum absolute atomic E-state index is 12.0. The summed E-state index contributed by atoms with van der Waals surface area (Å²) in [5, 5.41) is 2.66. The molecule has 1 atom stereocenters. The fourth-order valence-electron chi connectivity index (χ4n) is 1.58. The topological polar surface area (TPSA) is 90.6 Å². The molecule has 1 aromatic carbocycles. The Hall–Kier alpha value is -2.24. The molecule has 1 aromatic rings. The number of methoxy groups -OCH3 is 1. The summed E-state index contributed by atoms with van der Waals surface area (Å²) < 4.78 is 10.1. The van der Waals surface area contributed by atoms with Crippen LogP contribution in [0.3, 0.4) is 0 Å². The summed E-state index contributed by atoms with van der Waals surface area (Å²) >= 11 is 0. The number of para-hydroxylation sites is 1. The van der Waals surface area contributed by atoms with Crippen LogP contribution in [0.15, 0.2) is 18.2 Å². The van der Waals surface area contributed by atoms with Gasteiger partial charge >= 0.3 is 5.97 Å². The van der Waals surface area contributed by atoms with Crippen LogP contribution in [-0.2, 0) is 9.53 Å². The molecule has 110 valence electrons. The van der Waals surface area contributed by atoms with E-state index in [1.54, 1.807) is 12.1 Å². The van der Waals surface area contributed by atoms with Crippen molar-refractivity contribution in [2.45, 2.75) is 32.9 Å². The van der Waals surface area contributed by atoms with Gasteiger partial charge in [0.05, 0.1) is 18.4 Å². The van der Waals surface area contributed by atoms with Crippen molar-refractivity contribution in [3.63, 3.8) is 0 Å². The Kier molecular flexibility index (Phi) is 5.37. The third-order valence-corrected chi connectivity index (χ3v) is 2.59. The molecule has 6 nitrogen and oxygen atoms in total. The summed E-state index contributed by atoms with van der Waals surface area (Å²) in [6.07, 6.45) is -0.893. The van der Waals surface area contributed by atoms with Crippen molar-refractivity contribution in [1.29, 1.82) is 0 Å². The van der Waals surface area contributed by atoms with E-state index in [4.69, 9.17) is 15.2 Å². The zero-order chi connectivity index (χ0) is 15.3. The second-order valence-electron chi connectivity index (χ2n) is 4.63. The number of benzene rings is 1. The molecule has 0 spiro atoms. The Bertz CT molecular complexity index is 500. The molecule has 0 heterocycles. The van der Waals surface area contributed by atoms with Gasteiger partial charge in [-0.15, -0.1) is 0 Å². The molecule has 0 radical (unpaired) electrons. The number of nitrogens with two attached hydrogens (primary N) is 1. The molecule has 0 aliphatic rings. The van der Waals surface area contributed by atoms with Crippen LogP contribution < -0.4 is 15.8 Å². The van der Waals surface area contributed by atoms with Crippen LogP contribution in [0, 0.1) is 0 Å². The number of carbonyl (C=O) groups excluding carboxylic acids is 2. The lowest BCUT2D eigenvalue weighted by Gasteiger charge is -2.16. The van der Waals surface area contributed by atoms with Crippen molar-refractivity contribution >= 4 is 17.6 Å². The first-order valence-corrected chi connectivity index (χ1v) is 6.30. The molecule has 0 aliphatic heterocycles. The molecule has 0 saturated heterocycles. The minimum atomic E-state index is -0.893. The number of nitrogen functional groups attached to an aromatic ring is 1. The van der Waals surface area contributed by atoms with Gasteiger partial charge in [-0.25, -0.2) is 4.79 Å². The van der Waals surface area contributed by atoms with Crippen LogP contribution in [0.1, 0.15) is 31.1 Å². The molecule has 6 heteroatoms. The molecule has 3 N–H and O–H groups in total. The quantitative estimate of drug-likeness (QED) is 0.627.